The molecule has 1 rings (SSSR count). The van der Waals surface area contributed by atoms with Crippen LogP contribution in [-0.2, 0) is 4.79 Å². The number of nitrogens with one attached hydrogen (secondary N) is 1. The van der Waals surface area contributed by atoms with Crippen LogP contribution in [0.5, 0.6) is 0 Å². The van der Waals surface area contributed by atoms with Gasteiger partial charge in [-0.2, -0.15) is 0 Å². The molecule has 70 valence electrons. The maximum Gasteiger partial charge on any atom is 0.323 e. The Kier molecular flexibility index (Phi) is 2.29. The number of hydrogen-bond donors (Lipinski definition) is 3. The smallest absolute Gasteiger partial charge is 0.323 e. The quantitative estimate of drug-likeness (QED) is 0.533. The molecule has 3 N–H and O–H groups in total. The Bertz CT molecular complexity index is 199. The number of carbonyl (C=O) groups is 1. The van der Waals surface area contributed by atoms with Gasteiger partial charge in [0.1, 0.15) is 6.04 Å². The van der Waals surface area contributed by atoms with E-state index in [9.17, 15) is 18.7 Å². The van der Waals surface area contributed by atoms with Crippen LogP contribution in [0.4, 0.5) is 8.78 Å². The highest BCUT2D eigenvalue weighted by Gasteiger charge is 2.52. The third-order valence-electron chi connectivity index (χ3n) is 2.00. The number of alkyl halides is 2. The Morgan fingerprint density at radius 3 is 2.58 bits per heavy atom. The molecule has 1 saturated heterocycles. The largest absolute Gasteiger partial charge is 0.480 e. The lowest BCUT2D eigenvalue weighted by Crippen LogP contribution is -2.52. The van der Waals surface area contributed by atoms with Crippen molar-refractivity contribution in [3.05, 3.63) is 0 Å². The molecule has 1 aliphatic rings. The molecule has 12 heavy (non-hydrogen) atoms. The van der Waals surface area contributed by atoms with Gasteiger partial charge in [-0.15, -0.1) is 0 Å². The number of carboxylic acids is 1. The molecule has 1 heterocycles. The van der Waals surface area contributed by atoms with Gasteiger partial charge in [0.25, 0.3) is 6.43 Å². The van der Waals surface area contributed by atoms with Crippen molar-refractivity contribution in [1.29, 1.82) is 0 Å². The number of carboxylic acid groups (broad SMARTS) is 1. The van der Waals surface area contributed by atoms with Crippen LogP contribution in [0.25, 0.3) is 0 Å². The Morgan fingerprint density at radius 2 is 2.25 bits per heavy atom. The third-order valence-corrected chi connectivity index (χ3v) is 2.00. The molecule has 0 bridgehead atoms. The van der Waals surface area contributed by atoms with Gasteiger partial charge in [0.05, 0.1) is 0 Å². The Balaban J connectivity index is 2.81. The average molecular weight is 181 g/mol. The van der Waals surface area contributed by atoms with E-state index in [0.717, 1.165) is 0 Å². The first kappa shape index (κ1) is 9.34. The third kappa shape index (κ3) is 1.27. The van der Waals surface area contributed by atoms with Crippen LogP contribution in [0.15, 0.2) is 0 Å². The van der Waals surface area contributed by atoms with Crippen LogP contribution < -0.4 is 5.32 Å². The van der Waals surface area contributed by atoms with Crippen LogP contribution in [0, 0.1) is 0 Å². The lowest BCUT2D eigenvalue weighted by atomic mass is 9.96. The van der Waals surface area contributed by atoms with Crippen molar-refractivity contribution in [2.45, 2.75) is 24.5 Å². The van der Waals surface area contributed by atoms with E-state index in [4.69, 9.17) is 5.11 Å². The first-order valence-corrected chi connectivity index (χ1v) is 3.45. The van der Waals surface area contributed by atoms with Gasteiger partial charge >= 0.3 is 5.97 Å². The molecule has 6 heteroatoms. The molecular formula is C6H9F2NO3. The minimum absolute atomic E-state index is 0.0950. The van der Waals surface area contributed by atoms with Gasteiger partial charge < -0.3 is 15.5 Å². The lowest BCUT2D eigenvalue weighted by molar-refractivity contribution is -0.155. The van der Waals surface area contributed by atoms with Gasteiger partial charge in [-0.3, -0.25) is 4.79 Å². The van der Waals surface area contributed by atoms with Gasteiger partial charge in [-0.05, 0) is 13.0 Å². The predicted molar refractivity (Wildman–Crippen MR) is 35.0 cm³/mol. The zero-order valence-corrected chi connectivity index (χ0v) is 6.13. The molecule has 0 saturated carbocycles. The zero-order valence-electron chi connectivity index (χ0n) is 6.13. The van der Waals surface area contributed by atoms with Crippen molar-refractivity contribution in [3.8, 4) is 0 Å². The fourth-order valence-electron chi connectivity index (χ4n) is 1.27. The fraction of sp³-hybridized carbons (Fsp3) is 0.833. The molecule has 0 spiro atoms. The molecule has 0 amide bonds. The van der Waals surface area contributed by atoms with E-state index in [0.29, 0.717) is 0 Å². The van der Waals surface area contributed by atoms with Gasteiger partial charge in [0.2, 0.25) is 0 Å². The summed E-state index contributed by atoms with van der Waals surface area (Å²) < 4.78 is 24.4. The fourth-order valence-corrected chi connectivity index (χ4v) is 1.27. The second-order valence-electron chi connectivity index (χ2n) is 2.77. The topological polar surface area (TPSA) is 69.6 Å². The molecule has 1 aliphatic heterocycles. The summed E-state index contributed by atoms with van der Waals surface area (Å²) in [6, 6.07) is -1.56. The summed E-state index contributed by atoms with van der Waals surface area (Å²) in [6.45, 7) is 0.0950. The monoisotopic (exact) mass is 181 g/mol. The summed E-state index contributed by atoms with van der Waals surface area (Å²) in [6.07, 6.45) is -3.27. The van der Waals surface area contributed by atoms with Crippen molar-refractivity contribution in [2.24, 2.45) is 0 Å². The first-order valence-electron chi connectivity index (χ1n) is 3.45. The van der Waals surface area contributed by atoms with E-state index in [1.165, 1.54) is 0 Å². The van der Waals surface area contributed by atoms with Gasteiger partial charge in [0, 0.05) is 0 Å². The van der Waals surface area contributed by atoms with E-state index >= 15 is 0 Å². The Morgan fingerprint density at radius 1 is 1.67 bits per heavy atom. The lowest BCUT2D eigenvalue weighted by Gasteiger charge is -2.25. The van der Waals surface area contributed by atoms with Gasteiger partial charge in [0.15, 0.2) is 5.60 Å². The number of aliphatic carboxylic acids is 1. The normalized spacial score (nSPS) is 35.8. The summed E-state index contributed by atoms with van der Waals surface area (Å²) in [5.41, 5.74) is -2.41. The van der Waals surface area contributed by atoms with Crippen molar-refractivity contribution in [1.82, 2.24) is 5.32 Å². The van der Waals surface area contributed by atoms with Crippen molar-refractivity contribution in [2.75, 3.05) is 6.54 Å². The molecule has 0 aromatic carbocycles. The van der Waals surface area contributed by atoms with Crippen molar-refractivity contribution in [3.63, 3.8) is 0 Å². The Hall–Kier alpha value is -0.750. The van der Waals surface area contributed by atoms with Gasteiger partial charge in [-0.25, -0.2) is 8.78 Å². The highest BCUT2D eigenvalue weighted by atomic mass is 19.3. The number of rotatable bonds is 2. The summed E-state index contributed by atoms with van der Waals surface area (Å²) in [5, 5.41) is 19.9. The second kappa shape index (κ2) is 2.95. The van der Waals surface area contributed by atoms with E-state index in [2.05, 4.69) is 5.32 Å². The van der Waals surface area contributed by atoms with E-state index < -0.39 is 24.0 Å². The molecule has 0 unspecified atom stereocenters. The predicted octanol–water partition coefficient (Wildman–Crippen LogP) is -0.571. The summed E-state index contributed by atoms with van der Waals surface area (Å²) in [7, 11) is 0. The standard InChI is InChI=1S/C6H9F2NO3/c7-5(8)6(12)1-2-9-3(6)4(10)11/h3,5,9,12H,1-2H2,(H,10,11)/t3-,6-/m1/s1. The van der Waals surface area contributed by atoms with Crippen molar-refractivity contribution >= 4 is 5.97 Å². The second-order valence-corrected chi connectivity index (χ2v) is 2.77. The molecule has 4 nitrogen and oxygen atoms in total. The molecular weight excluding hydrogens is 172 g/mol. The molecule has 1 fully saturated rings. The Labute approximate surface area is 67.2 Å². The SMILES string of the molecule is O=C(O)[C@H]1NCC[C@]1(O)C(F)F. The van der Waals surface area contributed by atoms with E-state index in [1.807, 2.05) is 0 Å². The zero-order chi connectivity index (χ0) is 9.35. The average Bonchev–Trinajstić information content (AvgIpc) is 2.32. The maximum absolute atomic E-state index is 12.2. The van der Waals surface area contributed by atoms with Crippen molar-refractivity contribution < 1.29 is 23.8 Å². The minimum Gasteiger partial charge on any atom is -0.480 e. The van der Waals surface area contributed by atoms with Gasteiger partial charge in [-0.1, -0.05) is 0 Å². The van der Waals surface area contributed by atoms with Crippen LogP contribution in [-0.4, -0.2) is 40.8 Å². The van der Waals surface area contributed by atoms with Crippen LogP contribution in [0.1, 0.15) is 6.42 Å². The first-order chi connectivity index (χ1) is 5.48. The minimum atomic E-state index is -3.03. The number of hydrogen-bond acceptors (Lipinski definition) is 3. The maximum atomic E-state index is 12.2. The van der Waals surface area contributed by atoms with Crippen LogP contribution in [0.2, 0.25) is 0 Å². The number of halogens is 2. The number of aliphatic hydroxyl groups is 1. The molecule has 2 atom stereocenters. The van der Waals surface area contributed by atoms with E-state index in [-0.39, 0.29) is 13.0 Å². The molecule has 0 aliphatic carbocycles. The summed E-state index contributed by atoms with van der Waals surface area (Å²) in [5.74, 6) is -1.45. The van der Waals surface area contributed by atoms with E-state index in [1.54, 1.807) is 0 Å². The van der Waals surface area contributed by atoms with Crippen LogP contribution >= 0.6 is 0 Å². The molecule has 0 radical (unpaired) electrons. The summed E-state index contributed by atoms with van der Waals surface area (Å²) >= 11 is 0. The summed E-state index contributed by atoms with van der Waals surface area (Å²) in [4.78, 5) is 10.4. The highest BCUT2D eigenvalue weighted by molar-refractivity contribution is 5.75. The van der Waals surface area contributed by atoms with Crippen LogP contribution in [0.3, 0.4) is 0 Å². The molecule has 0 aromatic heterocycles. The molecule has 0 aromatic rings. The highest BCUT2D eigenvalue weighted by Crippen LogP contribution is 2.28.